The van der Waals surface area contributed by atoms with Crippen LogP contribution in [0, 0.1) is 0 Å². The largest absolute Gasteiger partial charge is 0.497 e. The third kappa shape index (κ3) is 1.99. The third-order valence-electron chi connectivity index (χ3n) is 3.59. The predicted octanol–water partition coefficient (Wildman–Crippen LogP) is 2.48. The number of para-hydroxylation sites is 1. The van der Waals surface area contributed by atoms with Gasteiger partial charge in [-0.1, -0.05) is 18.2 Å². The molecular formula is C16H16N2O2. The van der Waals surface area contributed by atoms with Gasteiger partial charge < -0.3 is 15.4 Å². The molecule has 0 fully saturated rings. The zero-order valence-electron chi connectivity index (χ0n) is 11.3. The fourth-order valence-electron chi connectivity index (χ4n) is 2.60. The molecule has 0 saturated carbocycles. The van der Waals surface area contributed by atoms with Crippen molar-refractivity contribution in [2.75, 3.05) is 24.3 Å². The molecule has 2 aromatic rings. The van der Waals surface area contributed by atoms with Gasteiger partial charge in [0.25, 0.3) is 5.91 Å². The molecule has 2 aromatic carbocycles. The van der Waals surface area contributed by atoms with Crippen molar-refractivity contribution in [1.82, 2.24) is 0 Å². The average Bonchev–Trinajstić information content (AvgIpc) is 2.92. The number of hydrogen-bond acceptors (Lipinski definition) is 3. The van der Waals surface area contributed by atoms with E-state index >= 15 is 0 Å². The molecule has 4 heteroatoms. The van der Waals surface area contributed by atoms with Gasteiger partial charge in [0.15, 0.2) is 0 Å². The zero-order chi connectivity index (χ0) is 14.1. The molecule has 1 amide bonds. The van der Waals surface area contributed by atoms with Crippen LogP contribution in [0.15, 0.2) is 42.5 Å². The van der Waals surface area contributed by atoms with Crippen molar-refractivity contribution in [1.29, 1.82) is 0 Å². The molecule has 0 atom stereocenters. The lowest BCUT2D eigenvalue weighted by Gasteiger charge is -2.19. The summed E-state index contributed by atoms with van der Waals surface area (Å²) in [5.74, 6) is 0.636. The summed E-state index contributed by atoms with van der Waals surface area (Å²) in [6.07, 6.45) is 0.843. The van der Waals surface area contributed by atoms with Gasteiger partial charge in [-0.15, -0.1) is 0 Å². The summed E-state index contributed by atoms with van der Waals surface area (Å²) in [6.45, 7) is 0.666. The molecular weight excluding hydrogens is 252 g/mol. The summed E-state index contributed by atoms with van der Waals surface area (Å²) in [6, 6.07) is 13.0. The van der Waals surface area contributed by atoms with Gasteiger partial charge in [-0.25, -0.2) is 0 Å². The molecule has 1 heterocycles. The molecule has 0 radical (unpaired) electrons. The molecule has 4 nitrogen and oxygen atoms in total. The Labute approximate surface area is 117 Å². The van der Waals surface area contributed by atoms with Crippen LogP contribution in [-0.2, 0) is 6.42 Å². The summed E-state index contributed by atoms with van der Waals surface area (Å²) >= 11 is 0. The number of amides is 1. The maximum Gasteiger partial charge on any atom is 0.258 e. The molecule has 1 aliphatic heterocycles. The van der Waals surface area contributed by atoms with Gasteiger partial charge in [0.1, 0.15) is 5.75 Å². The molecule has 0 aromatic heterocycles. The smallest absolute Gasteiger partial charge is 0.258 e. The van der Waals surface area contributed by atoms with E-state index < -0.39 is 0 Å². The van der Waals surface area contributed by atoms with Crippen molar-refractivity contribution in [3.63, 3.8) is 0 Å². The minimum atomic E-state index is -0.0412. The first-order chi connectivity index (χ1) is 9.70. The number of nitrogen functional groups attached to an aromatic ring is 1. The highest BCUT2D eigenvalue weighted by molar-refractivity contribution is 6.09. The number of ether oxygens (including phenoxy) is 1. The second kappa shape index (κ2) is 4.89. The van der Waals surface area contributed by atoms with Crippen LogP contribution in [0.4, 0.5) is 11.4 Å². The Morgan fingerprint density at radius 3 is 2.85 bits per heavy atom. The number of rotatable bonds is 2. The normalized spacial score (nSPS) is 13.2. The molecule has 0 spiro atoms. The molecule has 20 heavy (non-hydrogen) atoms. The Morgan fingerprint density at radius 1 is 1.25 bits per heavy atom. The number of carbonyl (C=O) groups excluding carboxylic acids is 1. The minimum absolute atomic E-state index is 0.0412. The molecule has 0 unspecified atom stereocenters. The first-order valence-electron chi connectivity index (χ1n) is 6.54. The molecule has 1 aliphatic rings. The monoisotopic (exact) mass is 268 g/mol. The Bertz CT molecular complexity index is 667. The van der Waals surface area contributed by atoms with Crippen LogP contribution in [0.3, 0.4) is 0 Å². The lowest BCUT2D eigenvalue weighted by molar-refractivity contribution is 0.0989. The fraction of sp³-hybridized carbons (Fsp3) is 0.188. The first kappa shape index (κ1) is 12.5. The van der Waals surface area contributed by atoms with E-state index in [4.69, 9.17) is 10.5 Å². The number of anilines is 2. The van der Waals surface area contributed by atoms with Gasteiger partial charge >= 0.3 is 0 Å². The van der Waals surface area contributed by atoms with E-state index in [0.29, 0.717) is 23.5 Å². The van der Waals surface area contributed by atoms with Crippen LogP contribution in [-0.4, -0.2) is 19.6 Å². The van der Waals surface area contributed by atoms with Crippen molar-refractivity contribution in [2.24, 2.45) is 0 Å². The van der Waals surface area contributed by atoms with E-state index in [2.05, 4.69) is 0 Å². The molecule has 0 saturated heterocycles. The van der Waals surface area contributed by atoms with E-state index in [-0.39, 0.29) is 5.91 Å². The van der Waals surface area contributed by atoms with E-state index in [0.717, 1.165) is 17.7 Å². The number of benzene rings is 2. The quantitative estimate of drug-likeness (QED) is 0.851. The molecule has 0 aliphatic carbocycles. The van der Waals surface area contributed by atoms with E-state index in [1.807, 2.05) is 30.3 Å². The van der Waals surface area contributed by atoms with Gasteiger partial charge in [0, 0.05) is 12.1 Å². The SMILES string of the molecule is COc1cccc(C(=O)N2CCc3cccc(N)c32)c1. The Balaban J connectivity index is 1.97. The number of fused-ring (bicyclic) bond motifs is 1. The second-order valence-corrected chi connectivity index (χ2v) is 4.79. The number of hydrogen-bond donors (Lipinski definition) is 1. The van der Waals surface area contributed by atoms with E-state index in [1.165, 1.54) is 0 Å². The highest BCUT2D eigenvalue weighted by atomic mass is 16.5. The molecule has 0 bridgehead atoms. The van der Waals surface area contributed by atoms with Crippen LogP contribution in [0.1, 0.15) is 15.9 Å². The van der Waals surface area contributed by atoms with Gasteiger partial charge in [0.05, 0.1) is 18.5 Å². The minimum Gasteiger partial charge on any atom is -0.497 e. The molecule has 102 valence electrons. The number of nitrogens with two attached hydrogens (primary N) is 1. The summed E-state index contributed by atoms with van der Waals surface area (Å²) in [4.78, 5) is 14.4. The maximum absolute atomic E-state index is 12.6. The van der Waals surface area contributed by atoms with Gasteiger partial charge in [0.2, 0.25) is 0 Å². The highest BCUT2D eigenvalue weighted by Gasteiger charge is 2.27. The van der Waals surface area contributed by atoms with Crippen LogP contribution >= 0.6 is 0 Å². The zero-order valence-corrected chi connectivity index (χ0v) is 11.3. The summed E-state index contributed by atoms with van der Waals surface area (Å²) < 4.78 is 5.17. The van der Waals surface area contributed by atoms with Crippen LogP contribution < -0.4 is 15.4 Å². The van der Waals surface area contributed by atoms with Crippen molar-refractivity contribution in [2.45, 2.75) is 6.42 Å². The van der Waals surface area contributed by atoms with Crippen LogP contribution in [0.25, 0.3) is 0 Å². The van der Waals surface area contributed by atoms with Crippen LogP contribution in [0.2, 0.25) is 0 Å². The summed E-state index contributed by atoms with van der Waals surface area (Å²) in [5.41, 5.74) is 9.25. The number of methoxy groups -OCH3 is 1. The van der Waals surface area contributed by atoms with Crippen molar-refractivity contribution in [3.05, 3.63) is 53.6 Å². The number of carbonyl (C=O) groups is 1. The summed E-state index contributed by atoms with van der Waals surface area (Å²) in [5, 5.41) is 0. The van der Waals surface area contributed by atoms with Crippen LogP contribution in [0.5, 0.6) is 5.75 Å². The molecule has 3 rings (SSSR count). The lowest BCUT2D eigenvalue weighted by atomic mass is 10.1. The Morgan fingerprint density at radius 2 is 2.05 bits per heavy atom. The van der Waals surface area contributed by atoms with Crippen molar-refractivity contribution >= 4 is 17.3 Å². The second-order valence-electron chi connectivity index (χ2n) is 4.79. The van der Waals surface area contributed by atoms with Crippen molar-refractivity contribution < 1.29 is 9.53 Å². The van der Waals surface area contributed by atoms with E-state index in [9.17, 15) is 4.79 Å². The summed E-state index contributed by atoms with van der Waals surface area (Å²) in [7, 11) is 1.59. The third-order valence-corrected chi connectivity index (χ3v) is 3.59. The van der Waals surface area contributed by atoms with Gasteiger partial charge in [-0.3, -0.25) is 4.79 Å². The average molecular weight is 268 g/mol. The standard InChI is InChI=1S/C16H16N2O2/c1-20-13-6-2-5-12(10-13)16(19)18-9-8-11-4-3-7-14(17)15(11)18/h2-7,10H,8-9,17H2,1H3. The lowest BCUT2D eigenvalue weighted by Crippen LogP contribution is -2.29. The highest BCUT2D eigenvalue weighted by Crippen LogP contribution is 2.34. The topological polar surface area (TPSA) is 55.6 Å². The Hall–Kier alpha value is -2.49. The molecule has 2 N–H and O–H groups in total. The Kier molecular flexibility index (Phi) is 3.06. The van der Waals surface area contributed by atoms with Gasteiger partial charge in [-0.2, -0.15) is 0 Å². The number of nitrogens with zero attached hydrogens (tertiary/aromatic N) is 1. The fourth-order valence-corrected chi connectivity index (χ4v) is 2.60. The maximum atomic E-state index is 12.6. The van der Waals surface area contributed by atoms with E-state index in [1.54, 1.807) is 24.1 Å². The first-order valence-corrected chi connectivity index (χ1v) is 6.54. The van der Waals surface area contributed by atoms with Gasteiger partial charge in [-0.05, 0) is 36.2 Å². The predicted molar refractivity (Wildman–Crippen MR) is 79.2 cm³/mol. The van der Waals surface area contributed by atoms with Crippen molar-refractivity contribution in [3.8, 4) is 5.75 Å².